The van der Waals surface area contributed by atoms with Gasteiger partial charge in [0, 0.05) is 5.56 Å². The van der Waals surface area contributed by atoms with E-state index in [1.807, 2.05) is 72.3 Å². The molecule has 126 valence electrons. The molecule has 0 atom stereocenters. The van der Waals surface area contributed by atoms with Crippen molar-refractivity contribution in [2.75, 3.05) is 0 Å². The van der Waals surface area contributed by atoms with Gasteiger partial charge < -0.3 is 4.74 Å². The molecular weight excluding hydrogens is 326 g/mol. The van der Waals surface area contributed by atoms with Gasteiger partial charge in [-0.15, -0.1) is 0 Å². The lowest BCUT2D eigenvalue weighted by Gasteiger charge is -2.09. The van der Waals surface area contributed by atoms with Crippen LogP contribution < -0.4 is 0 Å². The summed E-state index contributed by atoms with van der Waals surface area (Å²) < 4.78 is 7.11. The third-order valence-corrected chi connectivity index (χ3v) is 4.67. The SMILES string of the molecule is Cc1nn(-c2ccccc2)c2nc3c(c(-c4ccccc4)c12)C(=O)OC3. The zero-order chi connectivity index (χ0) is 17.7. The maximum absolute atomic E-state index is 12.4. The van der Waals surface area contributed by atoms with Crippen LogP contribution >= 0.6 is 0 Å². The zero-order valence-corrected chi connectivity index (χ0v) is 14.1. The highest BCUT2D eigenvalue weighted by molar-refractivity contribution is 6.09. The van der Waals surface area contributed by atoms with Crippen molar-refractivity contribution >= 4 is 17.0 Å². The molecule has 5 rings (SSSR count). The molecule has 0 aliphatic carbocycles. The molecule has 0 N–H and O–H groups in total. The van der Waals surface area contributed by atoms with Crippen LogP contribution in [0.5, 0.6) is 0 Å². The maximum atomic E-state index is 12.4. The van der Waals surface area contributed by atoms with Crippen molar-refractivity contribution in [3.8, 4) is 16.8 Å². The standard InChI is InChI=1S/C21H15N3O2/c1-13-17-18(14-8-4-2-5-9-14)19-16(12-26-21(19)25)22-20(17)24(23-13)15-10-6-3-7-11-15/h2-11H,12H2,1H3. The number of hydrogen-bond donors (Lipinski definition) is 0. The second-order valence-corrected chi connectivity index (χ2v) is 6.28. The fourth-order valence-corrected chi connectivity index (χ4v) is 3.54. The number of benzene rings is 2. The summed E-state index contributed by atoms with van der Waals surface area (Å²) in [6.07, 6.45) is 0. The summed E-state index contributed by atoms with van der Waals surface area (Å²) in [5.74, 6) is -0.319. The Morgan fingerprint density at radius 2 is 1.65 bits per heavy atom. The number of aromatic nitrogens is 3. The average molecular weight is 341 g/mol. The van der Waals surface area contributed by atoms with Crippen molar-refractivity contribution in [1.82, 2.24) is 14.8 Å². The van der Waals surface area contributed by atoms with Crippen molar-refractivity contribution in [2.24, 2.45) is 0 Å². The smallest absolute Gasteiger partial charge is 0.341 e. The number of rotatable bonds is 2. The van der Waals surface area contributed by atoms with Crippen LogP contribution in [0.4, 0.5) is 0 Å². The molecule has 0 radical (unpaired) electrons. The second-order valence-electron chi connectivity index (χ2n) is 6.28. The number of nitrogens with zero attached hydrogens (tertiary/aromatic N) is 3. The fourth-order valence-electron chi connectivity index (χ4n) is 3.54. The summed E-state index contributed by atoms with van der Waals surface area (Å²) in [5.41, 5.74) is 5.54. The van der Waals surface area contributed by atoms with Gasteiger partial charge in [-0.05, 0) is 24.6 Å². The summed E-state index contributed by atoms with van der Waals surface area (Å²) in [4.78, 5) is 17.1. The van der Waals surface area contributed by atoms with E-state index >= 15 is 0 Å². The minimum atomic E-state index is -0.319. The predicted molar refractivity (Wildman–Crippen MR) is 98.2 cm³/mol. The van der Waals surface area contributed by atoms with Gasteiger partial charge >= 0.3 is 5.97 Å². The Hall–Kier alpha value is -3.47. The molecule has 26 heavy (non-hydrogen) atoms. The highest BCUT2D eigenvalue weighted by Gasteiger charge is 2.31. The van der Waals surface area contributed by atoms with Gasteiger partial charge in [0.1, 0.15) is 6.61 Å². The molecule has 0 unspecified atom stereocenters. The van der Waals surface area contributed by atoms with Crippen LogP contribution in [0.2, 0.25) is 0 Å². The van der Waals surface area contributed by atoms with E-state index in [9.17, 15) is 4.79 Å². The molecular formula is C21H15N3O2. The summed E-state index contributed by atoms with van der Waals surface area (Å²) in [5, 5.41) is 5.60. The molecule has 3 heterocycles. The van der Waals surface area contributed by atoms with Crippen LogP contribution in [-0.2, 0) is 11.3 Å². The number of aryl methyl sites for hydroxylation is 1. The van der Waals surface area contributed by atoms with Gasteiger partial charge in [0.05, 0.1) is 28.0 Å². The largest absolute Gasteiger partial charge is 0.455 e. The summed E-state index contributed by atoms with van der Waals surface area (Å²) in [6.45, 7) is 2.14. The first-order valence-corrected chi connectivity index (χ1v) is 8.44. The predicted octanol–water partition coefficient (Wildman–Crippen LogP) is 4.07. The molecule has 0 saturated heterocycles. The molecule has 2 aromatic heterocycles. The minimum absolute atomic E-state index is 0.197. The van der Waals surface area contributed by atoms with Gasteiger partial charge in [0.2, 0.25) is 0 Å². The monoisotopic (exact) mass is 341 g/mol. The lowest BCUT2D eigenvalue weighted by molar-refractivity contribution is 0.0534. The first-order valence-electron chi connectivity index (χ1n) is 8.44. The van der Waals surface area contributed by atoms with Crippen molar-refractivity contribution < 1.29 is 9.53 Å². The number of hydrogen-bond acceptors (Lipinski definition) is 4. The number of fused-ring (bicyclic) bond motifs is 2. The highest BCUT2D eigenvalue weighted by Crippen LogP contribution is 2.38. The first kappa shape index (κ1) is 14.8. The Morgan fingerprint density at radius 3 is 2.38 bits per heavy atom. The van der Waals surface area contributed by atoms with E-state index in [1.54, 1.807) is 0 Å². The van der Waals surface area contributed by atoms with E-state index in [-0.39, 0.29) is 12.6 Å². The molecule has 4 aromatic rings. The van der Waals surface area contributed by atoms with Crippen LogP contribution in [0.3, 0.4) is 0 Å². The molecule has 0 spiro atoms. The Balaban J connectivity index is 1.92. The van der Waals surface area contributed by atoms with Crippen LogP contribution in [0, 0.1) is 6.92 Å². The number of pyridine rings is 1. The molecule has 0 fully saturated rings. The zero-order valence-electron chi connectivity index (χ0n) is 14.1. The Labute approximate surface area is 149 Å². The molecule has 0 bridgehead atoms. The number of carbonyl (C=O) groups excluding carboxylic acids is 1. The number of carbonyl (C=O) groups is 1. The van der Waals surface area contributed by atoms with Crippen molar-refractivity contribution in [1.29, 1.82) is 0 Å². The lowest BCUT2D eigenvalue weighted by atomic mass is 9.96. The van der Waals surface area contributed by atoms with Gasteiger partial charge in [-0.25, -0.2) is 14.5 Å². The minimum Gasteiger partial charge on any atom is -0.455 e. The summed E-state index contributed by atoms with van der Waals surface area (Å²) in [7, 11) is 0. The topological polar surface area (TPSA) is 57.0 Å². The Kier molecular flexibility index (Phi) is 3.15. The quantitative estimate of drug-likeness (QED) is 0.516. The van der Waals surface area contributed by atoms with Crippen LogP contribution in [-0.4, -0.2) is 20.7 Å². The van der Waals surface area contributed by atoms with Crippen molar-refractivity contribution in [3.63, 3.8) is 0 Å². The molecule has 0 saturated carbocycles. The average Bonchev–Trinajstić information content (AvgIpc) is 3.22. The molecule has 1 aliphatic heterocycles. The molecule has 2 aromatic carbocycles. The summed E-state index contributed by atoms with van der Waals surface area (Å²) >= 11 is 0. The van der Waals surface area contributed by atoms with E-state index in [2.05, 4.69) is 0 Å². The van der Waals surface area contributed by atoms with Crippen LogP contribution in [0.15, 0.2) is 60.7 Å². The third kappa shape index (κ3) is 2.07. The summed E-state index contributed by atoms with van der Waals surface area (Å²) in [6, 6.07) is 19.8. The van der Waals surface area contributed by atoms with Crippen molar-refractivity contribution in [3.05, 3.63) is 77.6 Å². The van der Waals surface area contributed by atoms with Gasteiger partial charge in [-0.3, -0.25) is 0 Å². The van der Waals surface area contributed by atoms with E-state index < -0.39 is 0 Å². The van der Waals surface area contributed by atoms with E-state index in [1.165, 1.54) is 0 Å². The van der Waals surface area contributed by atoms with Crippen LogP contribution in [0.25, 0.3) is 27.8 Å². The van der Waals surface area contributed by atoms with Crippen LogP contribution in [0.1, 0.15) is 21.7 Å². The van der Waals surface area contributed by atoms with E-state index in [4.69, 9.17) is 14.8 Å². The Morgan fingerprint density at radius 1 is 0.962 bits per heavy atom. The third-order valence-electron chi connectivity index (χ3n) is 4.67. The lowest BCUT2D eigenvalue weighted by Crippen LogP contribution is -2.02. The highest BCUT2D eigenvalue weighted by atomic mass is 16.5. The number of ether oxygens (including phenoxy) is 1. The second kappa shape index (κ2) is 5.52. The van der Waals surface area contributed by atoms with Gasteiger partial charge in [0.25, 0.3) is 0 Å². The fraction of sp³-hybridized carbons (Fsp3) is 0.0952. The molecule has 5 heteroatoms. The first-order chi connectivity index (χ1) is 12.7. The molecule has 1 aliphatic rings. The van der Waals surface area contributed by atoms with E-state index in [0.29, 0.717) is 11.3 Å². The number of para-hydroxylation sites is 1. The number of esters is 1. The molecule has 0 amide bonds. The number of cyclic esters (lactones) is 1. The van der Waals surface area contributed by atoms with Gasteiger partial charge in [0.15, 0.2) is 5.65 Å². The van der Waals surface area contributed by atoms with Crippen molar-refractivity contribution in [2.45, 2.75) is 13.5 Å². The van der Waals surface area contributed by atoms with E-state index in [0.717, 1.165) is 33.5 Å². The molecule has 5 nitrogen and oxygen atoms in total. The van der Waals surface area contributed by atoms with Gasteiger partial charge in [-0.2, -0.15) is 5.10 Å². The maximum Gasteiger partial charge on any atom is 0.341 e. The normalized spacial score (nSPS) is 13.0. The van der Waals surface area contributed by atoms with Gasteiger partial charge in [-0.1, -0.05) is 48.5 Å². The Bertz CT molecular complexity index is 1150.